The van der Waals surface area contributed by atoms with Gasteiger partial charge in [-0.2, -0.15) is 5.26 Å². The molecule has 5 rings (SSSR count). The summed E-state index contributed by atoms with van der Waals surface area (Å²) in [4.78, 5) is 2.87. The highest BCUT2D eigenvalue weighted by molar-refractivity contribution is 5.46. The molecule has 24 heavy (non-hydrogen) atoms. The monoisotopic (exact) mass is 320 g/mol. The molecule has 2 heteroatoms. The second kappa shape index (κ2) is 5.60. The zero-order valence-electron chi connectivity index (χ0n) is 14.6. The number of hydrogen-bond acceptors (Lipinski definition) is 2. The van der Waals surface area contributed by atoms with Gasteiger partial charge in [0, 0.05) is 18.0 Å². The molecule has 0 spiro atoms. The Labute approximate surface area is 145 Å². The first kappa shape index (κ1) is 15.0. The first-order chi connectivity index (χ1) is 11.8. The van der Waals surface area contributed by atoms with Crippen molar-refractivity contribution in [2.45, 2.75) is 69.2 Å². The second-order valence-corrected chi connectivity index (χ2v) is 8.81. The number of piperidine rings is 1. The lowest BCUT2D eigenvalue weighted by molar-refractivity contribution is -0.0239. The van der Waals surface area contributed by atoms with Gasteiger partial charge >= 0.3 is 0 Å². The van der Waals surface area contributed by atoms with E-state index in [1.54, 1.807) is 11.1 Å². The number of benzene rings is 1. The topological polar surface area (TPSA) is 27.0 Å². The van der Waals surface area contributed by atoms with Crippen LogP contribution in [0.15, 0.2) is 18.2 Å². The SMILES string of the molecule is N#Cc1ccc2c(c1)[C@]13CCCC[C@H]1[C@H](C2)N(CC1CCC1)CC3. The molecule has 3 aliphatic carbocycles. The summed E-state index contributed by atoms with van der Waals surface area (Å²) in [5, 5.41) is 9.37. The van der Waals surface area contributed by atoms with Gasteiger partial charge in [-0.15, -0.1) is 0 Å². The lowest BCUT2D eigenvalue weighted by Crippen LogP contribution is -2.61. The van der Waals surface area contributed by atoms with Gasteiger partial charge in [-0.3, -0.25) is 4.90 Å². The van der Waals surface area contributed by atoms with Crippen LogP contribution in [0.5, 0.6) is 0 Å². The molecule has 0 N–H and O–H groups in total. The highest BCUT2D eigenvalue weighted by Crippen LogP contribution is 2.56. The average Bonchev–Trinajstić information content (AvgIpc) is 2.59. The molecule has 1 aromatic carbocycles. The van der Waals surface area contributed by atoms with Gasteiger partial charge in [0.2, 0.25) is 0 Å². The van der Waals surface area contributed by atoms with Crippen molar-refractivity contribution in [2.75, 3.05) is 13.1 Å². The van der Waals surface area contributed by atoms with Crippen LogP contribution in [0, 0.1) is 23.2 Å². The van der Waals surface area contributed by atoms with E-state index in [1.165, 1.54) is 70.9 Å². The smallest absolute Gasteiger partial charge is 0.0991 e. The number of fused-ring (bicyclic) bond motifs is 1. The van der Waals surface area contributed by atoms with Crippen LogP contribution in [-0.4, -0.2) is 24.0 Å². The molecule has 1 aliphatic heterocycles. The van der Waals surface area contributed by atoms with Crippen molar-refractivity contribution in [1.29, 1.82) is 5.26 Å². The maximum absolute atomic E-state index is 9.37. The van der Waals surface area contributed by atoms with Crippen LogP contribution in [0.4, 0.5) is 0 Å². The summed E-state index contributed by atoms with van der Waals surface area (Å²) in [5.74, 6) is 1.81. The largest absolute Gasteiger partial charge is 0.299 e. The Balaban J connectivity index is 1.54. The van der Waals surface area contributed by atoms with E-state index in [9.17, 15) is 5.26 Å². The molecular weight excluding hydrogens is 292 g/mol. The molecule has 1 heterocycles. The maximum Gasteiger partial charge on any atom is 0.0991 e. The minimum Gasteiger partial charge on any atom is -0.299 e. The van der Waals surface area contributed by atoms with Crippen LogP contribution in [0.25, 0.3) is 0 Å². The maximum atomic E-state index is 9.37. The van der Waals surface area contributed by atoms with Crippen LogP contribution in [0.1, 0.15) is 68.1 Å². The first-order valence-electron chi connectivity index (χ1n) is 10.1. The molecule has 0 amide bonds. The van der Waals surface area contributed by atoms with Gasteiger partial charge in [0.15, 0.2) is 0 Å². The lowest BCUT2D eigenvalue weighted by atomic mass is 9.52. The summed E-state index contributed by atoms with van der Waals surface area (Å²) in [6, 6.07) is 9.73. The van der Waals surface area contributed by atoms with Crippen molar-refractivity contribution in [1.82, 2.24) is 4.90 Å². The predicted molar refractivity (Wildman–Crippen MR) is 95.8 cm³/mol. The van der Waals surface area contributed by atoms with E-state index >= 15 is 0 Å². The van der Waals surface area contributed by atoms with E-state index in [0.29, 0.717) is 5.41 Å². The van der Waals surface area contributed by atoms with Gasteiger partial charge in [-0.25, -0.2) is 0 Å². The Morgan fingerprint density at radius 2 is 2.04 bits per heavy atom. The Hall–Kier alpha value is -1.33. The van der Waals surface area contributed by atoms with Crippen molar-refractivity contribution < 1.29 is 0 Å². The summed E-state index contributed by atoms with van der Waals surface area (Å²) in [7, 11) is 0. The molecular formula is C22H28N2. The molecule has 126 valence electrons. The lowest BCUT2D eigenvalue weighted by Gasteiger charge is -2.59. The number of nitrogens with zero attached hydrogens (tertiary/aromatic N) is 2. The van der Waals surface area contributed by atoms with Gasteiger partial charge in [0.05, 0.1) is 11.6 Å². The van der Waals surface area contributed by atoms with Gasteiger partial charge < -0.3 is 0 Å². The third-order valence-corrected chi connectivity index (χ3v) is 7.80. The van der Waals surface area contributed by atoms with E-state index < -0.39 is 0 Å². The van der Waals surface area contributed by atoms with Crippen molar-refractivity contribution in [3.63, 3.8) is 0 Å². The van der Waals surface area contributed by atoms with Crippen molar-refractivity contribution in [3.8, 4) is 6.07 Å². The fourth-order valence-corrected chi connectivity index (χ4v) is 6.39. The molecule has 0 radical (unpaired) electrons. The van der Waals surface area contributed by atoms with Crippen molar-refractivity contribution >= 4 is 0 Å². The van der Waals surface area contributed by atoms with E-state index in [0.717, 1.165) is 23.4 Å². The molecule has 1 saturated heterocycles. The standard InChI is InChI=1S/C22H28N2/c23-14-17-7-8-18-13-21-19-6-1-2-9-22(19,20(18)12-17)10-11-24(21)15-16-4-3-5-16/h7-8,12,16,19,21H,1-6,9-11,13,15H2/t19-,21-,22-/m0/s1. The fraction of sp³-hybridized carbons (Fsp3) is 0.682. The molecule has 2 bridgehead atoms. The van der Waals surface area contributed by atoms with Crippen LogP contribution in [0.3, 0.4) is 0 Å². The third-order valence-electron chi connectivity index (χ3n) is 7.80. The highest BCUT2D eigenvalue weighted by atomic mass is 15.2. The van der Waals surface area contributed by atoms with E-state index in [-0.39, 0.29) is 0 Å². The Kier molecular flexibility index (Phi) is 3.49. The van der Waals surface area contributed by atoms with Gasteiger partial charge in [-0.1, -0.05) is 25.3 Å². The van der Waals surface area contributed by atoms with Gasteiger partial charge in [-0.05, 0) is 80.2 Å². The summed E-state index contributed by atoms with van der Waals surface area (Å²) in [5.41, 5.74) is 4.36. The van der Waals surface area contributed by atoms with Crippen LogP contribution in [0.2, 0.25) is 0 Å². The van der Waals surface area contributed by atoms with Gasteiger partial charge in [0.1, 0.15) is 0 Å². The first-order valence-corrected chi connectivity index (χ1v) is 10.1. The third kappa shape index (κ3) is 2.10. The summed E-state index contributed by atoms with van der Waals surface area (Å²) in [6.07, 6.45) is 12.5. The van der Waals surface area contributed by atoms with E-state index in [1.807, 2.05) is 6.07 Å². The number of rotatable bonds is 2. The zero-order valence-corrected chi connectivity index (χ0v) is 14.6. The molecule has 3 atom stereocenters. The Morgan fingerprint density at radius 3 is 2.83 bits per heavy atom. The van der Waals surface area contributed by atoms with Crippen LogP contribution >= 0.6 is 0 Å². The number of nitriles is 1. The average molecular weight is 320 g/mol. The van der Waals surface area contributed by atoms with Crippen LogP contribution in [-0.2, 0) is 11.8 Å². The minimum atomic E-state index is 0.388. The molecule has 4 aliphatic rings. The van der Waals surface area contributed by atoms with E-state index in [2.05, 4.69) is 23.1 Å². The quantitative estimate of drug-likeness (QED) is 0.806. The Bertz CT molecular complexity index is 684. The van der Waals surface area contributed by atoms with Crippen molar-refractivity contribution in [3.05, 3.63) is 34.9 Å². The number of likely N-dealkylation sites (tertiary alicyclic amines) is 1. The molecule has 3 fully saturated rings. The van der Waals surface area contributed by atoms with E-state index in [4.69, 9.17) is 0 Å². The second-order valence-electron chi connectivity index (χ2n) is 8.81. The Morgan fingerprint density at radius 1 is 1.12 bits per heavy atom. The highest BCUT2D eigenvalue weighted by Gasteiger charge is 2.53. The van der Waals surface area contributed by atoms with Gasteiger partial charge in [0.25, 0.3) is 0 Å². The summed E-state index contributed by atoms with van der Waals surface area (Å²) < 4.78 is 0. The molecule has 1 aromatic rings. The predicted octanol–water partition coefficient (Wildman–Crippen LogP) is 4.42. The van der Waals surface area contributed by atoms with Crippen molar-refractivity contribution in [2.24, 2.45) is 11.8 Å². The zero-order chi connectivity index (χ0) is 16.1. The summed E-state index contributed by atoms with van der Waals surface area (Å²) in [6.45, 7) is 2.64. The normalized spacial score (nSPS) is 35.5. The fourth-order valence-electron chi connectivity index (χ4n) is 6.39. The number of hydrogen-bond donors (Lipinski definition) is 0. The van der Waals surface area contributed by atoms with Crippen LogP contribution < -0.4 is 0 Å². The molecule has 0 aromatic heterocycles. The minimum absolute atomic E-state index is 0.388. The summed E-state index contributed by atoms with van der Waals surface area (Å²) >= 11 is 0. The molecule has 2 nitrogen and oxygen atoms in total. The molecule has 0 unspecified atom stereocenters. The molecule has 2 saturated carbocycles.